The predicted molar refractivity (Wildman–Crippen MR) is 110 cm³/mol. The summed E-state index contributed by atoms with van der Waals surface area (Å²) in [4.78, 5) is 16.0. The summed E-state index contributed by atoms with van der Waals surface area (Å²) in [5, 5.41) is 2.99. The second-order valence-corrected chi connectivity index (χ2v) is 7.41. The summed E-state index contributed by atoms with van der Waals surface area (Å²) in [5.74, 6) is 2.42. The van der Waals surface area contributed by atoms with Crippen LogP contribution in [-0.4, -0.2) is 65.0 Å². The first-order chi connectivity index (χ1) is 14.2. The molecule has 7 nitrogen and oxygen atoms in total. The minimum Gasteiger partial charge on any atom is -0.497 e. The molecule has 2 aromatic carbocycles. The summed E-state index contributed by atoms with van der Waals surface area (Å²) in [5.41, 5.74) is 1.20. The predicted octanol–water partition coefficient (Wildman–Crippen LogP) is 0.356. The Labute approximate surface area is 171 Å². The van der Waals surface area contributed by atoms with Crippen molar-refractivity contribution in [1.82, 2.24) is 5.32 Å². The second kappa shape index (κ2) is 9.05. The second-order valence-electron chi connectivity index (χ2n) is 7.41. The Balaban J connectivity index is 1.18. The molecule has 1 fully saturated rings. The molecule has 0 aliphatic carbocycles. The third-order valence-corrected chi connectivity index (χ3v) is 5.41. The van der Waals surface area contributed by atoms with Gasteiger partial charge in [-0.25, -0.2) is 0 Å². The van der Waals surface area contributed by atoms with E-state index in [0.29, 0.717) is 19.7 Å². The van der Waals surface area contributed by atoms with Crippen molar-refractivity contribution in [2.24, 2.45) is 0 Å². The zero-order valence-electron chi connectivity index (χ0n) is 16.7. The Hall–Kier alpha value is -2.93. The van der Waals surface area contributed by atoms with E-state index in [1.165, 1.54) is 10.6 Å². The lowest BCUT2D eigenvalue weighted by Crippen LogP contribution is -3.16. The number of amides is 1. The van der Waals surface area contributed by atoms with Crippen LogP contribution in [0.4, 0.5) is 5.69 Å². The lowest BCUT2D eigenvalue weighted by atomic mass is 10.2. The molecule has 1 saturated heterocycles. The van der Waals surface area contributed by atoms with E-state index in [4.69, 9.17) is 14.2 Å². The zero-order valence-corrected chi connectivity index (χ0v) is 16.7. The van der Waals surface area contributed by atoms with Crippen LogP contribution in [0.25, 0.3) is 0 Å². The minimum absolute atomic E-state index is 0.0559. The number of nitrogens with zero attached hydrogens (tertiary/aromatic N) is 1. The van der Waals surface area contributed by atoms with Crippen molar-refractivity contribution in [3.05, 3.63) is 48.5 Å². The number of ether oxygens (including phenoxy) is 3. The molecule has 1 atom stereocenters. The first kappa shape index (κ1) is 19.4. The summed E-state index contributed by atoms with van der Waals surface area (Å²) in [6, 6.07) is 15.7. The van der Waals surface area contributed by atoms with Crippen LogP contribution in [0, 0.1) is 0 Å². The third kappa shape index (κ3) is 4.92. The number of rotatable bonds is 6. The molecule has 2 aliphatic heterocycles. The van der Waals surface area contributed by atoms with Crippen LogP contribution in [0.2, 0.25) is 0 Å². The van der Waals surface area contributed by atoms with Gasteiger partial charge in [0.2, 0.25) is 0 Å². The first-order valence-corrected chi connectivity index (χ1v) is 10.1. The van der Waals surface area contributed by atoms with Crippen LogP contribution in [0.5, 0.6) is 17.2 Å². The van der Waals surface area contributed by atoms with Crippen molar-refractivity contribution in [2.45, 2.75) is 6.10 Å². The summed E-state index contributed by atoms with van der Waals surface area (Å²) >= 11 is 0. The molecule has 2 aliphatic rings. The van der Waals surface area contributed by atoms with Gasteiger partial charge >= 0.3 is 0 Å². The van der Waals surface area contributed by atoms with Crippen LogP contribution in [-0.2, 0) is 4.79 Å². The first-order valence-electron chi connectivity index (χ1n) is 10.1. The van der Waals surface area contributed by atoms with E-state index in [0.717, 1.165) is 43.4 Å². The minimum atomic E-state index is -0.157. The van der Waals surface area contributed by atoms with Gasteiger partial charge in [0.1, 0.15) is 18.5 Å². The van der Waals surface area contributed by atoms with E-state index >= 15 is 0 Å². The molecule has 4 rings (SSSR count). The van der Waals surface area contributed by atoms with E-state index < -0.39 is 0 Å². The van der Waals surface area contributed by atoms with Crippen molar-refractivity contribution in [3.63, 3.8) is 0 Å². The Morgan fingerprint density at radius 1 is 1.14 bits per heavy atom. The standard InChI is InChI=1S/C22H27N3O4/c1-27-18-8-6-17(7-9-18)25-12-10-24(11-13-25)15-22(26)23-14-19-16-28-20-4-2-3-5-21(20)29-19/h2-9,19H,10-16H2,1H3,(H,23,26)/p+1/t19-/m1/s1. The maximum Gasteiger partial charge on any atom is 0.275 e. The van der Waals surface area contributed by atoms with Crippen molar-refractivity contribution >= 4 is 11.6 Å². The molecule has 1 amide bonds. The number of fused-ring (bicyclic) bond motifs is 1. The molecule has 7 heteroatoms. The topological polar surface area (TPSA) is 64.5 Å². The normalized spacial score (nSPS) is 18.9. The molecule has 0 saturated carbocycles. The summed E-state index contributed by atoms with van der Waals surface area (Å²) in [7, 11) is 1.68. The Kier molecular flexibility index (Phi) is 6.05. The number of para-hydroxylation sites is 2. The van der Waals surface area contributed by atoms with Gasteiger partial charge in [0.05, 0.1) is 39.8 Å². The maximum absolute atomic E-state index is 12.4. The zero-order chi connectivity index (χ0) is 20.1. The average molecular weight is 398 g/mol. The molecule has 0 aromatic heterocycles. The van der Waals surface area contributed by atoms with Crippen molar-refractivity contribution in [1.29, 1.82) is 0 Å². The number of benzene rings is 2. The van der Waals surface area contributed by atoms with Crippen LogP contribution < -0.4 is 29.3 Å². The van der Waals surface area contributed by atoms with Gasteiger partial charge in [0, 0.05) is 5.69 Å². The van der Waals surface area contributed by atoms with Crippen LogP contribution in [0.15, 0.2) is 48.5 Å². The highest BCUT2D eigenvalue weighted by Crippen LogP contribution is 2.30. The van der Waals surface area contributed by atoms with Crippen LogP contribution in [0.3, 0.4) is 0 Å². The summed E-state index contributed by atoms with van der Waals surface area (Å²) in [6.07, 6.45) is -0.157. The van der Waals surface area contributed by atoms with Gasteiger partial charge < -0.3 is 29.3 Å². The van der Waals surface area contributed by atoms with Crippen LogP contribution in [0.1, 0.15) is 0 Å². The van der Waals surface area contributed by atoms with Crippen molar-refractivity contribution in [2.75, 3.05) is 57.9 Å². The number of nitrogens with one attached hydrogen (secondary N) is 2. The fourth-order valence-corrected chi connectivity index (χ4v) is 3.73. The number of hydrogen-bond acceptors (Lipinski definition) is 5. The lowest BCUT2D eigenvalue weighted by molar-refractivity contribution is -0.892. The number of methoxy groups -OCH3 is 1. The van der Waals surface area contributed by atoms with E-state index in [1.807, 2.05) is 36.4 Å². The monoisotopic (exact) mass is 398 g/mol. The molecule has 2 aromatic rings. The van der Waals surface area contributed by atoms with E-state index in [2.05, 4.69) is 22.3 Å². The Morgan fingerprint density at radius 2 is 1.86 bits per heavy atom. The quantitative estimate of drug-likeness (QED) is 0.736. The highest BCUT2D eigenvalue weighted by molar-refractivity contribution is 5.76. The number of carbonyl (C=O) groups excluding carboxylic acids is 1. The number of piperazine rings is 1. The van der Waals surface area contributed by atoms with Gasteiger partial charge in [-0.3, -0.25) is 4.79 Å². The summed E-state index contributed by atoms with van der Waals surface area (Å²) < 4.78 is 16.8. The number of hydrogen-bond donors (Lipinski definition) is 2. The van der Waals surface area contributed by atoms with Crippen molar-refractivity contribution < 1.29 is 23.9 Å². The van der Waals surface area contributed by atoms with E-state index in [-0.39, 0.29) is 12.0 Å². The molecule has 0 spiro atoms. The molecule has 2 N–H and O–H groups in total. The van der Waals surface area contributed by atoms with E-state index in [1.54, 1.807) is 7.11 Å². The molecule has 0 radical (unpaired) electrons. The molecule has 154 valence electrons. The van der Waals surface area contributed by atoms with Crippen LogP contribution >= 0.6 is 0 Å². The maximum atomic E-state index is 12.4. The summed E-state index contributed by atoms with van der Waals surface area (Å²) in [6.45, 7) is 5.14. The van der Waals surface area contributed by atoms with Gasteiger partial charge in [-0.05, 0) is 36.4 Å². The SMILES string of the molecule is COc1ccc(N2CC[NH+](CC(=O)NC[C@@H]3COc4ccccc4O3)CC2)cc1. The lowest BCUT2D eigenvalue weighted by Gasteiger charge is -2.33. The average Bonchev–Trinajstić information content (AvgIpc) is 2.78. The fourth-order valence-electron chi connectivity index (χ4n) is 3.73. The largest absolute Gasteiger partial charge is 0.497 e. The van der Waals surface area contributed by atoms with Gasteiger partial charge in [-0.1, -0.05) is 12.1 Å². The highest BCUT2D eigenvalue weighted by Gasteiger charge is 2.24. The Bertz CT molecular complexity index is 819. The number of quaternary nitrogens is 1. The number of anilines is 1. The number of carbonyl (C=O) groups is 1. The highest BCUT2D eigenvalue weighted by atomic mass is 16.6. The molecule has 0 unspecified atom stereocenters. The Morgan fingerprint density at radius 3 is 2.59 bits per heavy atom. The van der Waals surface area contributed by atoms with E-state index in [9.17, 15) is 4.79 Å². The molecule has 2 heterocycles. The van der Waals surface area contributed by atoms with Crippen molar-refractivity contribution in [3.8, 4) is 17.2 Å². The van der Waals surface area contributed by atoms with Gasteiger partial charge in [0.25, 0.3) is 5.91 Å². The smallest absolute Gasteiger partial charge is 0.275 e. The van der Waals surface area contributed by atoms with Gasteiger partial charge in [-0.15, -0.1) is 0 Å². The molecular weight excluding hydrogens is 370 g/mol. The van der Waals surface area contributed by atoms with Gasteiger partial charge in [0.15, 0.2) is 18.0 Å². The molecular formula is C22H28N3O4+. The third-order valence-electron chi connectivity index (χ3n) is 5.41. The fraction of sp³-hybridized carbons (Fsp3) is 0.409. The van der Waals surface area contributed by atoms with Gasteiger partial charge in [-0.2, -0.15) is 0 Å². The molecule has 0 bridgehead atoms. The molecule has 29 heavy (non-hydrogen) atoms.